The SMILES string of the molecule is Cc1cc(NC(=O)NCc2ccc(NC(=O)C(=O)c3cc(C)c(C)c(C)c3)cc2)ccc1-c1cnco1. The van der Waals surface area contributed by atoms with Crippen LogP contribution in [-0.4, -0.2) is 22.7 Å². The van der Waals surface area contributed by atoms with Gasteiger partial charge in [-0.15, -0.1) is 0 Å². The maximum absolute atomic E-state index is 12.6. The number of ketones is 1. The van der Waals surface area contributed by atoms with E-state index in [4.69, 9.17) is 4.42 Å². The van der Waals surface area contributed by atoms with Crippen LogP contribution in [0.5, 0.6) is 0 Å². The Hall–Kier alpha value is -4.72. The molecule has 8 heteroatoms. The molecule has 0 spiro atoms. The van der Waals surface area contributed by atoms with E-state index in [9.17, 15) is 14.4 Å². The second-order valence-corrected chi connectivity index (χ2v) is 8.92. The summed E-state index contributed by atoms with van der Waals surface area (Å²) in [7, 11) is 0. The Morgan fingerprint density at radius 1 is 0.811 bits per heavy atom. The van der Waals surface area contributed by atoms with Gasteiger partial charge in [-0.1, -0.05) is 12.1 Å². The van der Waals surface area contributed by atoms with Crippen molar-refractivity contribution in [2.24, 2.45) is 0 Å². The summed E-state index contributed by atoms with van der Waals surface area (Å²) < 4.78 is 5.33. The van der Waals surface area contributed by atoms with E-state index in [1.54, 1.807) is 48.7 Å². The molecule has 1 heterocycles. The van der Waals surface area contributed by atoms with Crippen molar-refractivity contribution >= 4 is 29.1 Å². The first-order valence-electron chi connectivity index (χ1n) is 11.8. The van der Waals surface area contributed by atoms with Gasteiger partial charge in [0, 0.05) is 29.0 Å². The van der Waals surface area contributed by atoms with E-state index in [1.165, 1.54) is 6.39 Å². The molecule has 0 aliphatic rings. The zero-order valence-electron chi connectivity index (χ0n) is 21.1. The maximum Gasteiger partial charge on any atom is 0.319 e. The van der Waals surface area contributed by atoms with Crippen molar-refractivity contribution in [3.8, 4) is 11.3 Å². The van der Waals surface area contributed by atoms with Crippen LogP contribution in [0, 0.1) is 27.7 Å². The first-order valence-corrected chi connectivity index (χ1v) is 11.8. The number of urea groups is 1. The average molecular weight is 497 g/mol. The highest BCUT2D eigenvalue weighted by Gasteiger charge is 2.18. The van der Waals surface area contributed by atoms with Crippen LogP contribution >= 0.6 is 0 Å². The summed E-state index contributed by atoms with van der Waals surface area (Å²) in [5.41, 5.74) is 7.24. The molecule has 0 radical (unpaired) electrons. The van der Waals surface area contributed by atoms with Crippen molar-refractivity contribution in [2.45, 2.75) is 34.2 Å². The Balaban J connectivity index is 1.29. The molecule has 37 heavy (non-hydrogen) atoms. The van der Waals surface area contributed by atoms with Crippen molar-refractivity contribution in [3.05, 3.63) is 101 Å². The summed E-state index contributed by atoms with van der Waals surface area (Å²) in [6, 6.07) is 15.6. The minimum atomic E-state index is -0.697. The van der Waals surface area contributed by atoms with Crippen LogP contribution in [-0.2, 0) is 11.3 Å². The molecule has 4 aromatic rings. The van der Waals surface area contributed by atoms with Crippen molar-refractivity contribution in [1.82, 2.24) is 10.3 Å². The van der Waals surface area contributed by atoms with Crippen LogP contribution in [0.2, 0.25) is 0 Å². The zero-order valence-corrected chi connectivity index (χ0v) is 21.1. The van der Waals surface area contributed by atoms with Crippen molar-refractivity contribution in [2.75, 3.05) is 10.6 Å². The van der Waals surface area contributed by atoms with E-state index in [-0.39, 0.29) is 12.6 Å². The fraction of sp³-hybridized carbons (Fsp3) is 0.172. The number of Topliss-reactive ketones (excluding diaryl/α,β-unsaturated/α-hetero) is 1. The summed E-state index contributed by atoms with van der Waals surface area (Å²) in [4.78, 5) is 41.3. The largest absolute Gasteiger partial charge is 0.444 e. The molecule has 0 fully saturated rings. The van der Waals surface area contributed by atoms with Crippen molar-refractivity contribution < 1.29 is 18.8 Å². The quantitative estimate of drug-likeness (QED) is 0.224. The first kappa shape index (κ1) is 25.4. The monoisotopic (exact) mass is 496 g/mol. The van der Waals surface area contributed by atoms with E-state index in [0.29, 0.717) is 22.7 Å². The highest BCUT2D eigenvalue weighted by molar-refractivity contribution is 6.46. The lowest BCUT2D eigenvalue weighted by Crippen LogP contribution is -2.28. The summed E-state index contributed by atoms with van der Waals surface area (Å²) in [5.74, 6) is -0.618. The number of amides is 3. The Morgan fingerprint density at radius 2 is 1.49 bits per heavy atom. The molecule has 0 bridgehead atoms. The van der Waals surface area contributed by atoms with E-state index in [0.717, 1.165) is 33.4 Å². The van der Waals surface area contributed by atoms with E-state index >= 15 is 0 Å². The molecule has 0 unspecified atom stereocenters. The van der Waals surface area contributed by atoms with Crippen molar-refractivity contribution in [3.63, 3.8) is 0 Å². The summed E-state index contributed by atoms with van der Waals surface area (Å²) >= 11 is 0. The Labute approximate surface area is 215 Å². The second-order valence-electron chi connectivity index (χ2n) is 8.92. The van der Waals surface area contributed by atoms with Crippen molar-refractivity contribution in [1.29, 1.82) is 0 Å². The second kappa shape index (κ2) is 10.9. The van der Waals surface area contributed by atoms with E-state index in [1.807, 2.05) is 39.8 Å². The molecule has 3 N–H and O–H groups in total. The molecule has 4 rings (SSSR count). The first-order chi connectivity index (χ1) is 17.7. The molecule has 0 aliphatic carbocycles. The third-order valence-corrected chi connectivity index (χ3v) is 6.24. The Kier molecular flexibility index (Phi) is 7.48. The molecule has 0 atom stereocenters. The lowest BCUT2D eigenvalue weighted by Gasteiger charge is -2.11. The van der Waals surface area contributed by atoms with Crippen LogP contribution in [0.25, 0.3) is 11.3 Å². The lowest BCUT2D eigenvalue weighted by atomic mass is 9.98. The van der Waals surface area contributed by atoms with Gasteiger partial charge in [0.15, 0.2) is 12.2 Å². The molecule has 0 saturated heterocycles. The predicted octanol–water partition coefficient (Wildman–Crippen LogP) is 5.72. The van der Waals surface area contributed by atoms with Gasteiger partial charge in [0.1, 0.15) is 0 Å². The van der Waals surface area contributed by atoms with Gasteiger partial charge >= 0.3 is 6.03 Å². The van der Waals surface area contributed by atoms with Gasteiger partial charge in [0.05, 0.1) is 6.20 Å². The van der Waals surface area contributed by atoms with Gasteiger partial charge in [-0.25, -0.2) is 9.78 Å². The van der Waals surface area contributed by atoms with Gasteiger partial charge in [-0.2, -0.15) is 0 Å². The number of hydrogen-bond acceptors (Lipinski definition) is 5. The Morgan fingerprint density at radius 3 is 2.11 bits per heavy atom. The minimum Gasteiger partial charge on any atom is -0.444 e. The summed E-state index contributed by atoms with van der Waals surface area (Å²) in [6.45, 7) is 8.04. The number of aryl methyl sites for hydroxylation is 3. The number of nitrogens with zero attached hydrogens (tertiary/aromatic N) is 1. The molecule has 0 saturated carbocycles. The molecule has 1 aromatic heterocycles. The zero-order chi connectivity index (χ0) is 26.5. The van der Waals surface area contributed by atoms with Crippen LogP contribution in [0.1, 0.15) is 38.2 Å². The third kappa shape index (κ3) is 6.10. The van der Waals surface area contributed by atoms with E-state index in [2.05, 4.69) is 20.9 Å². The highest BCUT2D eigenvalue weighted by Crippen LogP contribution is 2.25. The normalized spacial score (nSPS) is 10.6. The standard InChI is InChI=1S/C29H28N4O4/c1-17-11-22(12-18(2)20(17)4)27(34)28(35)32-23-7-5-21(6-8-23)14-31-29(36)33-24-9-10-25(19(3)13-24)26-15-30-16-37-26/h5-13,15-16H,14H2,1-4H3,(H,32,35)(H2,31,33,36). The van der Waals surface area contributed by atoms with Crippen LogP contribution in [0.4, 0.5) is 16.2 Å². The minimum absolute atomic E-state index is 0.288. The third-order valence-electron chi connectivity index (χ3n) is 6.24. The van der Waals surface area contributed by atoms with Gasteiger partial charge in [-0.3, -0.25) is 9.59 Å². The predicted molar refractivity (Wildman–Crippen MR) is 143 cm³/mol. The fourth-order valence-electron chi connectivity index (χ4n) is 3.92. The van der Waals surface area contributed by atoms with Crippen LogP contribution in [0.3, 0.4) is 0 Å². The summed E-state index contributed by atoms with van der Waals surface area (Å²) in [5, 5.41) is 8.26. The lowest BCUT2D eigenvalue weighted by molar-refractivity contribution is -0.112. The highest BCUT2D eigenvalue weighted by atomic mass is 16.3. The number of oxazole rings is 1. The molecule has 0 aliphatic heterocycles. The molecule has 8 nitrogen and oxygen atoms in total. The van der Waals surface area contributed by atoms with Gasteiger partial charge in [0.25, 0.3) is 11.7 Å². The van der Waals surface area contributed by atoms with E-state index < -0.39 is 11.7 Å². The number of aromatic nitrogens is 1. The van der Waals surface area contributed by atoms with Gasteiger partial charge < -0.3 is 20.4 Å². The molecule has 188 valence electrons. The number of anilines is 2. The number of hydrogen-bond donors (Lipinski definition) is 3. The molecular formula is C29H28N4O4. The number of carbonyl (C=O) groups excluding carboxylic acids is 3. The molecule has 3 aromatic carbocycles. The topological polar surface area (TPSA) is 113 Å². The molecular weight excluding hydrogens is 468 g/mol. The number of benzene rings is 3. The number of nitrogens with one attached hydrogen (secondary N) is 3. The maximum atomic E-state index is 12.6. The number of carbonyl (C=O) groups is 3. The smallest absolute Gasteiger partial charge is 0.319 e. The van der Waals surface area contributed by atoms with Crippen LogP contribution < -0.4 is 16.0 Å². The Bertz CT molecular complexity index is 1440. The van der Waals surface area contributed by atoms with Gasteiger partial charge in [0.2, 0.25) is 0 Å². The number of rotatable bonds is 7. The van der Waals surface area contributed by atoms with Gasteiger partial charge in [-0.05, 0) is 98.0 Å². The van der Waals surface area contributed by atoms with Crippen LogP contribution in [0.15, 0.2) is 71.6 Å². The fourth-order valence-corrected chi connectivity index (χ4v) is 3.92. The summed E-state index contributed by atoms with van der Waals surface area (Å²) in [6.07, 6.45) is 3.02. The molecule has 3 amide bonds. The average Bonchev–Trinajstić information content (AvgIpc) is 3.41.